The van der Waals surface area contributed by atoms with E-state index in [1.807, 2.05) is 12.1 Å². The Kier molecular flexibility index (Phi) is 7.39. The van der Waals surface area contributed by atoms with Crippen LogP contribution in [0.2, 0.25) is 0 Å². The van der Waals surface area contributed by atoms with Crippen molar-refractivity contribution in [2.24, 2.45) is 5.84 Å². The SMILES string of the molecule is CNc1cc(OC2CCC(NCC(O)C(F)(F)F)CC2)cc(Br)c1NN. The van der Waals surface area contributed by atoms with Gasteiger partial charge < -0.3 is 25.9 Å². The lowest BCUT2D eigenvalue weighted by atomic mass is 9.93. The topological polar surface area (TPSA) is 91.6 Å². The van der Waals surface area contributed by atoms with E-state index in [9.17, 15) is 13.2 Å². The number of ether oxygens (including phenoxy) is 1. The molecular formula is C16H24BrF3N4O2. The number of benzene rings is 1. The summed E-state index contributed by atoms with van der Waals surface area (Å²) in [6.45, 7) is -0.480. The summed E-state index contributed by atoms with van der Waals surface area (Å²) in [7, 11) is 1.78. The van der Waals surface area contributed by atoms with Crippen LogP contribution < -0.4 is 26.6 Å². The summed E-state index contributed by atoms with van der Waals surface area (Å²) in [5, 5.41) is 14.9. The molecule has 0 amide bonds. The van der Waals surface area contributed by atoms with Gasteiger partial charge in [-0.2, -0.15) is 13.2 Å². The van der Waals surface area contributed by atoms with E-state index in [1.54, 1.807) is 7.05 Å². The standard InChI is InChI=1S/C16H24BrF3N4O2/c1-22-13-7-11(6-12(17)15(13)24-21)26-10-4-2-9(3-5-10)23-8-14(25)16(18,19)20/h6-7,9-10,14,22-25H,2-5,8,21H2,1H3. The number of hydrogen-bond acceptors (Lipinski definition) is 6. The number of nitrogens with one attached hydrogen (secondary N) is 3. The van der Waals surface area contributed by atoms with Gasteiger partial charge in [0.1, 0.15) is 5.75 Å². The van der Waals surface area contributed by atoms with Crippen molar-refractivity contribution in [3.63, 3.8) is 0 Å². The van der Waals surface area contributed by atoms with Gasteiger partial charge in [0, 0.05) is 30.2 Å². The van der Waals surface area contributed by atoms with Gasteiger partial charge in [-0.1, -0.05) is 0 Å². The lowest BCUT2D eigenvalue weighted by Gasteiger charge is -2.30. The van der Waals surface area contributed by atoms with Gasteiger partial charge in [0.15, 0.2) is 6.10 Å². The number of alkyl halides is 3. The van der Waals surface area contributed by atoms with Crippen LogP contribution in [0.15, 0.2) is 16.6 Å². The van der Waals surface area contributed by atoms with Gasteiger partial charge in [-0.3, -0.25) is 5.84 Å². The van der Waals surface area contributed by atoms with E-state index in [4.69, 9.17) is 15.7 Å². The van der Waals surface area contributed by atoms with Crippen LogP contribution in [0.5, 0.6) is 5.75 Å². The van der Waals surface area contributed by atoms with Crippen LogP contribution in [0.3, 0.4) is 0 Å². The number of anilines is 2. The molecule has 0 aromatic heterocycles. The fraction of sp³-hybridized carbons (Fsp3) is 0.625. The van der Waals surface area contributed by atoms with Gasteiger partial charge in [-0.25, -0.2) is 0 Å². The van der Waals surface area contributed by atoms with Crippen molar-refractivity contribution in [3.05, 3.63) is 16.6 Å². The van der Waals surface area contributed by atoms with E-state index in [1.165, 1.54) is 0 Å². The molecule has 1 aliphatic rings. The monoisotopic (exact) mass is 440 g/mol. The molecule has 1 aromatic carbocycles. The van der Waals surface area contributed by atoms with E-state index in [2.05, 4.69) is 32.0 Å². The van der Waals surface area contributed by atoms with E-state index in [0.717, 1.165) is 28.7 Å². The van der Waals surface area contributed by atoms with Gasteiger partial charge in [-0.05, 0) is 47.7 Å². The van der Waals surface area contributed by atoms with E-state index in [0.29, 0.717) is 18.6 Å². The Hall–Kier alpha value is -1.23. The molecule has 6 nitrogen and oxygen atoms in total. The first-order valence-electron chi connectivity index (χ1n) is 8.37. The molecule has 6 N–H and O–H groups in total. The second-order valence-corrected chi connectivity index (χ2v) is 7.13. The molecule has 0 bridgehead atoms. The second kappa shape index (κ2) is 9.12. The maximum absolute atomic E-state index is 12.3. The zero-order valence-electron chi connectivity index (χ0n) is 14.4. The second-order valence-electron chi connectivity index (χ2n) is 6.28. The van der Waals surface area contributed by atoms with Crippen molar-refractivity contribution in [1.29, 1.82) is 0 Å². The number of rotatable bonds is 7. The van der Waals surface area contributed by atoms with Crippen LogP contribution in [-0.2, 0) is 0 Å². The maximum atomic E-state index is 12.3. The first-order valence-corrected chi connectivity index (χ1v) is 9.16. The minimum absolute atomic E-state index is 0.00567. The van der Waals surface area contributed by atoms with E-state index in [-0.39, 0.29) is 12.1 Å². The Labute approximate surface area is 158 Å². The Bertz CT molecular complexity index is 596. The molecule has 1 unspecified atom stereocenters. The van der Waals surface area contributed by atoms with Crippen LogP contribution in [0.25, 0.3) is 0 Å². The van der Waals surface area contributed by atoms with Crippen molar-refractivity contribution >= 4 is 27.3 Å². The molecule has 1 saturated carbocycles. The predicted molar refractivity (Wildman–Crippen MR) is 98.2 cm³/mol. The average Bonchev–Trinajstić information content (AvgIpc) is 2.59. The maximum Gasteiger partial charge on any atom is 0.415 e. The largest absolute Gasteiger partial charge is 0.490 e. The molecule has 10 heteroatoms. The number of nitrogen functional groups attached to an aromatic ring is 1. The number of aliphatic hydroxyl groups is 1. The summed E-state index contributed by atoms with van der Waals surface area (Å²) in [5.41, 5.74) is 4.12. The van der Waals surface area contributed by atoms with Crippen LogP contribution in [-0.4, -0.2) is 43.1 Å². The van der Waals surface area contributed by atoms with Gasteiger partial charge in [0.05, 0.1) is 17.5 Å². The average molecular weight is 441 g/mol. The predicted octanol–water partition coefficient (Wildman–Crippen LogP) is 2.98. The third-order valence-electron chi connectivity index (χ3n) is 4.43. The smallest absolute Gasteiger partial charge is 0.415 e. The molecule has 2 rings (SSSR count). The fourth-order valence-electron chi connectivity index (χ4n) is 2.96. The summed E-state index contributed by atoms with van der Waals surface area (Å²) in [4.78, 5) is 0. The van der Waals surface area contributed by atoms with Crippen LogP contribution in [0.4, 0.5) is 24.5 Å². The first-order chi connectivity index (χ1) is 12.2. The summed E-state index contributed by atoms with van der Waals surface area (Å²) in [5.74, 6) is 6.18. The molecule has 0 aliphatic heterocycles. The van der Waals surface area contributed by atoms with Crippen molar-refractivity contribution < 1.29 is 23.0 Å². The molecule has 1 aliphatic carbocycles. The summed E-state index contributed by atoms with van der Waals surface area (Å²) >= 11 is 3.44. The molecule has 0 radical (unpaired) electrons. The molecular weight excluding hydrogens is 417 g/mol. The number of hydrogen-bond donors (Lipinski definition) is 5. The number of nitrogens with two attached hydrogens (primary N) is 1. The van der Waals surface area contributed by atoms with Crippen LogP contribution in [0.1, 0.15) is 25.7 Å². The Balaban J connectivity index is 1.84. The van der Waals surface area contributed by atoms with Gasteiger partial charge in [0.2, 0.25) is 0 Å². The van der Waals surface area contributed by atoms with Crippen LogP contribution in [0, 0.1) is 0 Å². The molecule has 148 valence electrons. The molecule has 1 aromatic rings. The van der Waals surface area contributed by atoms with Gasteiger partial charge >= 0.3 is 6.18 Å². The fourth-order valence-corrected chi connectivity index (χ4v) is 3.52. The van der Waals surface area contributed by atoms with Crippen molar-refractivity contribution in [1.82, 2.24) is 5.32 Å². The molecule has 26 heavy (non-hydrogen) atoms. The number of halogens is 4. The molecule has 0 spiro atoms. The number of aliphatic hydroxyl groups excluding tert-OH is 1. The zero-order chi connectivity index (χ0) is 19.3. The third kappa shape index (κ3) is 5.63. The minimum atomic E-state index is -4.59. The molecule has 1 atom stereocenters. The number of hydrazine groups is 1. The van der Waals surface area contributed by atoms with E-state index < -0.39 is 18.8 Å². The lowest BCUT2D eigenvalue weighted by molar-refractivity contribution is -0.202. The quantitative estimate of drug-likeness (QED) is 0.330. The Morgan fingerprint density at radius 2 is 1.96 bits per heavy atom. The molecule has 0 saturated heterocycles. The van der Waals surface area contributed by atoms with Crippen molar-refractivity contribution in [3.8, 4) is 5.75 Å². The molecule has 0 heterocycles. The molecule has 1 fully saturated rings. The third-order valence-corrected chi connectivity index (χ3v) is 5.06. The van der Waals surface area contributed by atoms with Crippen LogP contribution >= 0.6 is 15.9 Å². The first kappa shape index (κ1) is 21.1. The minimum Gasteiger partial charge on any atom is -0.490 e. The highest BCUT2D eigenvalue weighted by atomic mass is 79.9. The Morgan fingerprint density at radius 3 is 2.50 bits per heavy atom. The Morgan fingerprint density at radius 1 is 1.31 bits per heavy atom. The van der Waals surface area contributed by atoms with Gasteiger partial charge in [0.25, 0.3) is 0 Å². The van der Waals surface area contributed by atoms with Crippen molar-refractivity contribution in [2.45, 2.75) is 50.1 Å². The lowest BCUT2D eigenvalue weighted by Crippen LogP contribution is -2.44. The summed E-state index contributed by atoms with van der Waals surface area (Å²) < 4.78 is 43.7. The van der Waals surface area contributed by atoms with Gasteiger partial charge in [-0.15, -0.1) is 0 Å². The summed E-state index contributed by atoms with van der Waals surface area (Å²) in [6.07, 6.45) is -4.09. The normalized spacial score (nSPS) is 22.0. The highest BCUT2D eigenvalue weighted by Crippen LogP contribution is 2.36. The van der Waals surface area contributed by atoms with E-state index >= 15 is 0 Å². The zero-order valence-corrected chi connectivity index (χ0v) is 16.0. The summed E-state index contributed by atoms with van der Waals surface area (Å²) in [6, 6.07) is 3.61. The highest BCUT2D eigenvalue weighted by Gasteiger charge is 2.38. The highest BCUT2D eigenvalue weighted by molar-refractivity contribution is 9.10. The van der Waals surface area contributed by atoms with Crippen molar-refractivity contribution in [2.75, 3.05) is 24.3 Å².